The van der Waals surface area contributed by atoms with Crippen LogP contribution in [0.25, 0.3) is 0 Å². The van der Waals surface area contributed by atoms with Crippen LogP contribution in [0.5, 0.6) is 0 Å². The maximum Gasteiger partial charge on any atom is 0.337 e. The number of esters is 1. The highest BCUT2D eigenvalue weighted by atomic mass is 16.5. The molecule has 0 atom stereocenters. The number of benzene rings is 2. The summed E-state index contributed by atoms with van der Waals surface area (Å²) in [5, 5.41) is 6.03. The van der Waals surface area contributed by atoms with E-state index in [4.69, 9.17) is 0 Å². The summed E-state index contributed by atoms with van der Waals surface area (Å²) in [6.45, 7) is 4.06. The normalized spacial score (nSPS) is 10.2. The second-order valence-corrected chi connectivity index (χ2v) is 6.45. The molecule has 142 valence electrons. The Morgan fingerprint density at radius 3 is 2.18 bits per heavy atom. The average Bonchev–Trinajstić information content (AvgIpc) is 2.67. The fraction of sp³-hybridized carbons (Fsp3) is 0.136. The second-order valence-electron chi connectivity index (χ2n) is 6.45. The van der Waals surface area contributed by atoms with Crippen molar-refractivity contribution in [3.05, 3.63) is 83.0 Å². The second kappa shape index (κ2) is 8.35. The molecule has 6 nitrogen and oxygen atoms in total. The van der Waals surface area contributed by atoms with Crippen molar-refractivity contribution in [2.24, 2.45) is 0 Å². The summed E-state index contributed by atoms with van der Waals surface area (Å²) >= 11 is 0. The highest BCUT2D eigenvalue weighted by molar-refractivity contribution is 6.04. The lowest BCUT2D eigenvalue weighted by molar-refractivity contribution is 0.0600. The molecule has 0 aliphatic heterocycles. The Balaban J connectivity index is 1.72. The predicted octanol–water partition coefficient (Wildman–Crippen LogP) is 4.48. The van der Waals surface area contributed by atoms with Crippen LogP contribution >= 0.6 is 0 Å². The molecule has 0 saturated heterocycles. The molecule has 2 N–H and O–H groups in total. The molecule has 1 aromatic heterocycles. The Kier molecular flexibility index (Phi) is 5.69. The molecule has 0 aliphatic rings. The van der Waals surface area contributed by atoms with Crippen LogP contribution in [0.1, 0.15) is 31.8 Å². The number of pyridine rings is 1. The SMILES string of the molecule is COC(=O)c1ccc(NC(=O)c2ccnc(Nc3cc(C)cc(C)c3)c2)cc1. The average molecular weight is 375 g/mol. The number of carbonyl (C=O) groups excluding carboxylic acids is 2. The molecule has 0 radical (unpaired) electrons. The smallest absolute Gasteiger partial charge is 0.337 e. The van der Waals surface area contributed by atoms with E-state index in [2.05, 4.69) is 26.4 Å². The Bertz CT molecular complexity index is 994. The lowest BCUT2D eigenvalue weighted by Gasteiger charge is -2.10. The van der Waals surface area contributed by atoms with Gasteiger partial charge in [0.2, 0.25) is 0 Å². The van der Waals surface area contributed by atoms with E-state index >= 15 is 0 Å². The third-order valence-electron chi connectivity index (χ3n) is 4.08. The molecule has 28 heavy (non-hydrogen) atoms. The minimum atomic E-state index is -0.422. The zero-order valence-electron chi connectivity index (χ0n) is 15.9. The fourth-order valence-electron chi connectivity index (χ4n) is 2.85. The zero-order valence-corrected chi connectivity index (χ0v) is 15.9. The van der Waals surface area contributed by atoms with Crippen molar-refractivity contribution in [3.63, 3.8) is 0 Å². The lowest BCUT2D eigenvalue weighted by atomic mass is 10.1. The van der Waals surface area contributed by atoms with Crippen molar-refractivity contribution in [1.82, 2.24) is 4.98 Å². The largest absolute Gasteiger partial charge is 0.465 e. The standard InChI is InChI=1S/C22H21N3O3/c1-14-10-15(2)12-19(11-14)24-20-13-17(8-9-23-20)21(26)25-18-6-4-16(5-7-18)22(27)28-3/h4-13H,1-3H3,(H,23,24)(H,25,26). The molecule has 0 aliphatic carbocycles. The van der Waals surface area contributed by atoms with E-state index < -0.39 is 5.97 Å². The number of anilines is 3. The first-order valence-electron chi connectivity index (χ1n) is 8.76. The van der Waals surface area contributed by atoms with E-state index in [0.717, 1.165) is 16.8 Å². The molecule has 0 unspecified atom stereocenters. The van der Waals surface area contributed by atoms with Crippen LogP contribution in [0.15, 0.2) is 60.8 Å². The lowest BCUT2D eigenvalue weighted by Crippen LogP contribution is -2.12. The number of aryl methyl sites for hydroxylation is 2. The summed E-state index contributed by atoms with van der Waals surface area (Å²) in [7, 11) is 1.32. The first-order valence-corrected chi connectivity index (χ1v) is 8.76. The number of rotatable bonds is 5. The minimum Gasteiger partial charge on any atom is -0.465 e. The number of carbonyl (C=O) groups is 2. The molecular formula is C22H21N3O3. The van der Waals surface area contributed by atoms with Gasteiger partial charge in [-0.25, -0.2) is 9.78 Å². The number of hydrogen-bond acceptors (Lipinski definition) is 5. The Labute approximate surface area is 163 Å². The van der Waals surface area contributed by atoms with Gasteiger partial charge in [0.25, 0.3) is 5.91 Å². The van der Waals surface area contributed by atoms with Crippen LogP contribution in [0.3, 0.4) is 0 Å². The summed E-state index contributed by atoms with van der Waals surface area (Å²) < 4.78 is 4.66. The maximum atomic E-state index is 12.5. The highest BCUT2D eigenvalue weighted by Gasteiger charge is 2.10. The van der Waals surface area contributed by atoms with Gasteiger partial charge in [-0.3, -0.25) is 4.79 Å². The van der Waals surface area contributed by atoms with Gasteiger partial charge in [-0.1, -0.05) is 6.07 Å². The van der Waals surface area contributed by atoms with Gasteiger partial charge in [-0.2, -0.15) is 0 Å². The Morgan fingerprint density at radius 2 is 1.54 bits per heavy atom. The number of aromatic nitrogens is 1. The molecule has 1 heterocycles. The van der Waals surface area contributed by atoms with Gasteiger partial charge in [0.05, 0.1) is 12.7 Å². The van der Waals surface area contributed by atoms with E-state index in [-0.39, 0.29) is 5.91 Å². The van der Waals surface area contributed by atoms with Gasteiger partial charge in [0.15, 0.2) is 0 Å². The third-order valence-corrected chi connectivity index (χ3v) is 4.08. The summed E-state index contributed by atoms with van der Waals surface area (Å²) in [6.07, 6.45) is 1.58. The van der Waals surface area contributed by atoms with Crippen molar-refractivity contribution < 1.29 is 14.3 Å². The summed E-state index contributed by atoms with van der Waals surface area (Å²) in [5.74, 6) is -0.107. The zero-order chi connectivity index (χ0) is 20.1. The molecule has 3 rings (SSSR count). The van der Waals surface area contributed by atoms with Gasteiger partial charge in [-0.15, -0.1) is 0 Å². The minimum absolute atomic E-state index is 0.267. The van der Waals surface area contributed by atoms with Gasteiger partial charge in [-0.05, 0) is 73.5 Å². The van der Waals surface area contributed by atoms with E-state index in [0.29, 0.717) is 22.6 Å². The van der Waals surface area contributed by atoms with Gasteiger partial charge < -0.3 is 15.4 Å². The maximum absolute atomic E-state index is 12.5. The van der Waals surface area contributed by atoms with Crippen LogP contribution in [-0.2, 0) is 4.74 Å². The van der Waals surface area contributed by atoms with Crippen LogP contribution in [-0.4, -0.2) is 24.0 Å². The molecule has 0 fully saturated rings. The molecule has 1 amide bonds. The fourth-order valence-corrected chi connectivity index (χ4v) is 2.85. The molecule has 6 heteroatoms. The molecule has 0 bridgehead atoms. The number of amides is 1. The van der Waals surface area contributed by atoms with Crippen molar-refractivity contribution >= 4 is 29.1 Å². The first kappa shape index (κ1) is 19.1. The van der Waals surface area contributed by atoms with Gasteiger partial charge in [0.1, 0.15) is 5.82 Å². The molecule has 3 aromatic rings. The van der Waals surface area contributed by atoms with Crippen LogP contribution in [0.4, 0.5) is 17.2 Å². The topological polar surface area (TPSA) is 80.3 Å². The number of ether oxygens (including phenoxy) is 1. The van der Waals surface area contributed by atoms with Crippen molar-refractivity contribution in [1.29, 1.82) is 0 Å². The Hall–Kier alpha value is -3.67. The van der Waals surface area contributed by atoms with E-state index in [1.165, 1.54) is 7.11 Å². The number of nitrogens with one attached hydrogen (secondary N) is 2. The van der Waals surface area contributed by atoms with E-state index in [1.54, 1.807) is 42.6 Å². The third kappa shape index (κ3) is 4.73. The molecular weight excluding hydrogens is 354 g/mol. The predicted molar refractivity (Wildman–Crippen MR) is 109 cm³/mol. The molecule has 0 saturated carbocycles. The Morgan fingerprint density at radius 1 is 0.857 bits per heavy atom. The van der Waals surface area contributed by atoms with Gasteiger partial charge in [0, 0.05) is 23.1 Å². The van der Waals surface area contributed by atoms with Crippen molar-refractivity contribution in [3.8, 4) is 0 Å². The highest BCUT2D eigenvalue weighted by Crippen LogP contribution is 2.19. The van der Waals surface area contributed by atoms with Crippen LogP contribution in [0, 0.1) is 13.8 Å². The molecule has 2 aromatic carbocycles. The summed E-state index contributed by atoms with van der Waals surface area (Å²) in [5.41, 5.74) is 4.68. The number of nitrogens with zero attached hydrogens (tertiary/aromatic N) is 1. The van der Waals surface area contributed by atoms with Crippen molar-refractivity contribution in [2.75, 3.05) is 17.7 Å². The summed E-state index contributed by atoms with van der Waals surface area (Å²) in [4.78, 5) is 28.3. The van der Waals surface area contributed by atoms with Gasteiger partial charge >= 0.3 is 5.97 Å². The molecule has 0 spiro atoms. The number of hydrogen-bond donors (Lipinski definition) is 2. The monoisotopic (exact) mass is 375 g/mol. The summed E-state index contributed by atoms with van der Waals surface area (Å²) in [6, 6.07) is 16.0. The van der Waals surface area contributed by atoms with E-state index in [1.807, 2.05) is 26.0 Å². The van der Waals surface area contributed by atoms with Crippen molar-refractivity contribution in [2.45, 2.75) is 13.8 Å². The van der Waals surface area contributed by atoms with Crippen LogP contribution < -0.4 is 10.6 Å². The van der Waals surface area contributed by atoms with E-state index in [9.17, 15) is 9.59 Å². The number of methoxy groups -OCH3 is 1. The first-order chi connectivity index (χ1) is 13.4. The van der Waals surface area contributed by atoms with Crippen LogP contribution in [0.2, 0.25) is 0 Å². The quantitative estimate of drug-likeness (QED) is 0.643.